The first-order valence-corrected chi connectivity index (χ1v) is 6.48. The van der Waals surface area contributed by atoms with Gasteiger partial charge in [-0.2, -0.15) is 0 Å². The van der Waals surface area contributed by atoms with Crippen molar-refractivity contribution in [2.24, 2.45) is 0 Å². The number of rotatable bonds is 6. The van der Waals surface area contributed by atoms with Gasteiger partial charge in [0.15, 0.2) is 6.61 Å². The average Bonchev–Trinajstić information content (AvgIpc) is 2.28. The van der Waals surface area contributed by atoms with Gasteiger partial charge in [0.1, 0.15) is 5.75 Å². The SMILES string of the molecule is CC(CCO)NC(=O)COc1ccc(I)cc1. The van der Waals surface area contributed by atoms with E-state index in [1.165, 1.54) is 0 Å². The van der Waals surface area contributed by atoms with Crippen LogP contribution < -0.4 is 10.1 Å². The lowest BCUT2D eigenvalue weighted by atomic mass is 10.2. The molecule has 0 aliphatic rings. The van der Waals surface area contributed by atoms with Gasteiger partial charge < -0.3 is 15.2 Å². The molecule has 0 heterocycles. The molecule has 1 aromatic carbocycles. The van der Waals surface area contributed by atoms with Crippen LogP contribution in [0.15, 0.2) is 24.3 Å². The zero-order valence-corrected chi connectivity index (χ0v) is 11.8. The Hall–Kier alpha value is -0.820. The van der Waals surface area contributed by atoms with Gasteiger partial charge in [0.2, 0.25) is 0 Å². The molecule has 4 nitrogen and oxygen atoms in total. The monoisotopic (exact) mass is 349 g/mol. The summed E-state index contributed by atoms with van der Waals surface area (Å²) in [5.41, 5.74) is 0. The van der Waals surface area contributed by atoms with Crippen LogP contribution in [-0.2, 0) is 4.79 Å². The van der Waals surface area contributed by atoms with E-state index in [0.717, 1.165) is 3.57 Å². The van der Waals surface area contributed by atoms with Crippen molar-refractivity contribution in [2.45, 2.75) is 19.4 Å². The molecule has 0 saturated heterocycles. The maximum absolute atomic E-state index is 11.4. The first-order chi connectivity index (χ1) is 8.11. The van der Waals surface area contributed by atoms with Gasteiger partial charge in [-0.25, -0.2) is 0 Å². The molecular formula is C12H16INO3. The number of nitrogens with one attached hydrogen (secondary N) is 1. The highest BCUT2D eigenvalue weighted by atomic mass is 127. The van der Waals surface area contributed by atoms with E-state index in [0.29, 0.717) is 12.2 Å². The summed E-state index contributed by atoms with van der Waals surface area (Å²) in [6, 6.07) is 7.45. The molecule has 17 heavy (non-hydrogen) atoms. The highest BCUT2D eigenvalue weighted by Gasteiger charge is 2.07. The summed E-state index contributed by atoms with van der Waals surface area (Å²) in [6.07, 6.45) is 0.551. The van der Waals surface area contributed by atoms with Crippen molar-refractivity contribution in [2.75, 3.05) is 13.2 Å². The number of amides is 1. The van der Waals surface area contributed by atoms with Gasteiger partial charge in [-0.05, 0) is 60.2 Å². The summed E-state index contributed by atoms with van der Waals surface area (Å²) in [7, 11) is 0. The predicted molar refractivity (Wildman–Crippen MR) is 74.0 cm³/mol. The number of aliphatic hydroxyl groups is 1. The quantitative estimate of drug-likeness (QED) is 0.767. The minimum Gasteiger partial charge on any atom is -0.484 e. The molecule has 94 valence electrons. The van der Waals surface area contributed by atoms with Crippen molar-refractivity contribution < 1.29 is 14.6 Å². The van der Waals surface area contributed by atoms with Gasteiger partial charge in [-0.3, -0.25) is 4.79 Å². The van der Waals surface area contributed by atoms with E-state index in [9.17, 15) is 4.79 Å². The van der Waals surface area contributed by atoms with Crippen LogP contribution in [0.1, 0.15) is 13.3 Å². The summed E-state index contributed by atoms with van der Waals surface area (Å²) >= 11 is 2.20. The van der Waals surface area contributed by atoms with E-state index in [2.05, 4.69) is 27.9 Å². The molecule has 1 unspecified atom stereocenters. The Kier molecular flexibility index (Phi) is 6.28. The Morgan fingerprint density at radius 1 is 1.47 bits per heavy atom. The van der Waals surface area contributed by atoms with Crippen LogP contribution >= 0.6 is 22.6 Å². The third-order valence-electron chi connectivity index (χ3n) is 2.15. The molecule has 0 aliphatic heterocycles. The van der Waals surface area contributed by atoms with E-state index >= 15 is 0 Å². The van der Waals surface area contributed by atoms with Crippen LogP contribution in [0.25, 0.3) is 0 Å². The highest BCUT2D eigenvalue weighted by Crippen LogP contribution is 2.13. The Bertz CT molecular complexity index is 353. The van der Waals surface area contributed by atoms with Gasteiger partial charge in [0.25, 0.3) is 5.91 Å². The molecular weight excluding hydrogens is 333 g/mol. The molecule has 5 heteroatoms. The Morgan fingerprint density at radius 3 is 2.71 bits per heavy atom. The number of hydrogen-bond donors (Lipinski definition) is 2. The first kappa shape index (κ1) is 14.2. The number of benzene rings is 1. The van der Waals surface area contributed by atoms with Crippen molar-refractivity contribution in [3.63, 3.8) is 0 Å². The molecule has 0 spiro atoms. The van der Waals surface area contributed by atoms with E-state index in [1.807, 2.05) is 31.2 Å². The van der Waals surface area contributed by atoms with Crippen LogP contribution in [-0.4, -0.2) is 30.3 Å². The van der Waals surface area contributed by atoms with E-state index < -0.39 is 0 Å². The van der Waals surface area contributed by atoms with Gasteiger partial charge in [0, 0.05) is 16.2 Å². The molecule has 1 aromatic rings. The number of ether oxygens (including phenoxy) is 1. The predicted octanol–water partition coefficient (Wildman–Crippen LogP) is 1.56. The number of halogens is 1. The first-order valence-electron chi connectivity index (χ1n) is 5.40. The summed E-state index contributed by atoms with van der Waals surface area (Å²) in [6.45, 7) is 1.91. The largest absolute Gasteiger partial charge is 0.484 e. The fraction of sp³-hybridized carbons (Fsp3) is 0.417. The molecule has 1 atom stereocenters. The zero-order chi connectivity index (χ0) is 12.7. The zero-order valence-electron chi connectivity index (χ0n) is 9.65. The topological polar surface area (TPSA) is 58.6 Å². The second-order valence-electron chi connectivity index (χ2n) is 3.72. The number of carbonyl (C=O) groups is 1. The minimum atomic E-state index is -0.176. The lowest BCUT2D eigenvalue weighted by Crippen LogP contribution is -2.36. The molecule has 0 fully saturated rings. The van der Waals surface area contributed by atoms with Crippen molar-refractivity contribution in [1.29, 1.82) is 0 Å². The second kappa shape index (κ2) is 7.50. The van der Waals surface area contributed by atoms with Gasteiger partial charge in [0.05, 0.1) is 0 Å². The highest BCUT2D eigenvalue weighted by molar-refractivity contribution is 14.1. The number of hydrogen-bond acceptors (Lipinski definition) is 3. The second-order valence-corrected chi connectivity index (χ2v) is 4.97. The summed E-state index contributed by atoms with van der Waals surface area (Å²) in [4.78, 5) is 11.4. The standard InChI is InChI=1S/C12H16INO3/c1-9(6-7-15)14-12(16)8-17-11-4-2-10(13)3-5-11/h2-5,9,15H,6-8H2,1H3,(H,14,16). The molecule has 0 aromatic heterocycles. The lowest BCUT2D eigenvalue weighted by molar-refractivity contribution is -0.123. The van der Waals surface area contributed by atoms with Crippen molar-refractivity contribution >= 4 is 28.5 Å². The Labute approximate surface area is 115 Å². The van der Waals surface area contributed by atoms with Crippen LogP contribution in [0.2, 0.25) is 0 Å². The normalized spacial score (nSPS) is 11.9. The molecule has 1 rings (SSSR count). The van der Waals surface area contributed by atoms with Crippen molar-refractivity contribution in [1.82, 2.24) is 5.32 Å². The molecule has 0 saturated carbocycles. The third-order valence-corrected chi connectivity index (χ3v) is 2.87. The van der Waals surface area contributed by atoms with Gasteiger partial charge in [-0.15, -0.1) is 0 Å². The summed E-state index contributed by atoms with van der Waals surface area (Å²) in [5.74, 6) is 0.500. The number of carbonyl (C=O) groups excluding carboxylic acids is 1. The van der Waals surface area contributed by atoms with E-state index in [1.54, 1.807) is 0 Å². The number of aliphatic hydroxyl groups excluding tert-OH is 1. The lowest BCUT2D eigenvalue weighted by Gasteiger charge is -2.12. The fourth-order valence-corrected chi connectivity index (χ4v) is 1.62. The molecule has 0 bridgehead atoms. The van der Waals surface area contributed by atoms with Crippen molar-refractivity contribution in [3.8, 4) is 5.75 Å². The van der Waals surface area contributed by atoms with E-state index in [4.69, 9.17) is 9.84 Å². The molecule has 1 amide bonds. The van der Waals surface area contributed by atoms with Crippen LogP contribution in [0.3, 0.4) is 0 Å². The van der Waals surface area contributed by atoms with Crippen LogP contribution in [0.5, 0.6) is 5.75 Å². The smallest absolute Gasteiger partial charge is 0.258 e. The summed E-state index contributed by atoms with van der Waals surface area (Å²) in [5, 5.41) is 11.4. The Balaban J connectivity index is 2.30. The molecule has 0 aliphatic carbocycles. The van der Waals surface area contributed by atoms with Crippen molar-refractivity contribution in [3.05, 3.63) is 27.8 Å². The molecule has 0 radical (unpaired) electrons. The van der Waals surface area contributed by atoms with Crippen LogP contribution in [0.4, 0.5) is 0 Å². The molecule has 2 N–H and O–H groups in total. The summed E-state index contributed by atoms with van der Waals surface area (Å²) < 4.78 is 6.45. The maximum atomic E-state index is 11.4. The maximum Gasteiger partial charge on any atom is 0.258 e. The van der Waals surface area contributed by atoms with Crippen LogP contribution in [0, 0.1) is 3.57 Å². The minimum absolute atomic E-state index is 0.00361. The van der Waals surface area contributed by atoms with Gasteiger partial charge in [-0.1, -0.05) is 0 Å². The van der Waals surface area contributed by atoms with Gasteiger partial charge >= 0.3 is 0 Å². The Morgan fingerprint density at radius 2 is 2.12 bits per heavy atom. The van der Waals surface area contributed by atoms with E-state index in [-0.39, 0.29) is 25.2 Å². The third kappa shape index (κ3) is 5.88. The fourth-order valence-electron chi connectivity index (χ4n) is 1.26. The average molecular weight is 349 g/mol.